The first-order valence-electron chi connectivity index (χ1n) is 5.64. The average Bonchev–Trinajstić information content (AvgIpc) is 2.33. The molecule has 0 unspecified atom stereocenters. The molecule has 0 fully saturated rings. The van der Waals surface area contributed by atoms with Crippen LogP contribution in [0.25, 0.3) is 10.8 Å². The van der Waals surface area contributed by atoms with Gasteiger partial charge in [-0.3, -0.25) is 5.11 Å². The maximum atomic E-state index is 11.6. The summed E-state index contributed by atoms with van der Waals surface area (Å²) in [5.41, 5.74) is 0. The highest BCUT2D eigenvalue weighted by Crippen LogP contribution is 2.32. The lowest BCUT2D eigenvalue weighted by atomic mass is 10.1. The minimum Gasteiger partial charge on any atom is -0.493 e. The van der Waals surface area contributed by atoms with E-state index < -0.39 is 0 Å². The van der Waals surface area contributed by atoms with Crippen molar-refractivity contribution in [3.8, 4) is 11.5 Å². The van der Waals surface area contributed by atoms with E-state index in [2.05, 4.69) is 6.92 Å². The van der Waals surface area contributed by atoms with Crippen molar-refractivity contribution in [2.75, 3.05) is 6.61 Å². The molecule has 0 aliphatic carbocycles. The van der Waals surface area contributed by atoms with E-state index in [1.165, 1.54) is 0 Å². The van der Waals surface area contributed by atoms with Gasteiger partial charge in [-0.05, 0) is 18.6 Å². The van der Waals surface area contributed by atoms with Crippen LogP contribution in [0.5, 0.6) is 11.5 Å². The molecule has 0 atom stereocenters. The van der Waals surface area contributed by atoms with Crippen molar-refractivity contribution in [2.45, 2.75) is 19.8 Å². The van der Waals surface area contributed by atoms with Crippen LogP contribution in [0, 0.1) is 0 Å². The highest BCUT2D eigenvalue weighted by molar-refractivity contribution is 5.92. The zero-order valence-corrected chi connectivity index (χ0v) is 9.40. The minimum absolute atomic E-state index is 0.0541. The van der Waals surface area contributed by atoms with E-state index in [0.717, 1.165) is 29.4 Å². The number of rotatable bonds is 4. The van der Waals surface area contributed by atoms with Crippen molar-refractivity contribution in [1.29, 1.82) is 0 Å². The van der Waals surface area contributed by atoms with Crippen molar-refractivity contribution in [3.05, 3.63) is 36.4 Å². The average molecular weight is 215 g/mol. The predicted octanol–water partition coefficient (Wildman–Crippen LogP) is 4.16. The van der Waals surface area contributed by atoms with Crippen molar-refractivity contribution >= 4 is 10.8 Å². The Kier molecular flexibility index (Phi) is 3.30. The fraction of sp³-hybridized carbons (Fsp3) is 0.286. The molecule has 2 aromatic carbocycles. The van der Waals surface area contributed by atoms with E-state index in [0.29, 0.717) is 6.61 Å². The van der Waals surface area contributed by atoms with E-state index in [-0.39, 0.29) is 5.75 Å². The van der Waals surface area contributed by atoms with E-state index in [9.17, 15) is 5.11 Å². The van der Waals surface area contributed by atoms with Crippen molar-refractivity contribution < 1.29 is 9.84 Å². The van der Waals surface area contributed by atoms with Crippen molar-refractivity contribution in [3.63, 3.8) is 0 Å². The molecule has 0 aliphatic rings. The molecule has 0 amide bonds. The lowest BCUT2D eigenvalue weighted by Gasteiger charge is -2.08. The summed E-state index contributed by atoms with van der Waals surface area (Å²) in [5.74, 6) is 0.863. The molecule has 0 saturated heterocycles. The number of ether oxygens (including phenoxy) is 1. The summed E-state index contributed by atoms with van der Waals surface area (Å²) >= 11 is 0. The Bertz CT molecular complexity index is 477. The van der Waals surface area contributed by atoms with E-state index in [4.69, 9.17) is 4.74 Å². The van der Waals surface area contributed by atoms with Gasteiger partial charge in [0.2, 0.25) is 0 Å². The lowest BCUT2D eigenvalue weighted by molar-refractivity contribution is 0.311. The van der Waals surface area contributed by atoms with E-state index >= 15 is 0 Å². The maximum absolute atomic E-state index is 11.6. The second-order valence-electron chi connectivity index (χ2n) is 3.81. The fourth-order valence-electron chi connectivity index (χ4n) is 1.70. The van der Waals surface area contributed by atoms with Gasteiger partial charge in [0.1, 0.15) is 5.75 Å². The van der Waals surface area contributed by atoms with Crippen LogP contribution in [0.4, 0.5) is 0 Å². The molecule has 1 radical (unpaired) electrons. The molecule has 2 heteroatoms. The molecule has 16 heavy (non-hydrogen) atoms. The third-order valence-corrected chi connectivity index (χ3v) is 2.60. The normalized spacial score (nSPS) is 10.6. The molecular weight excluding hydrogens is 200 g/mol. The molecule has 0 heterocycles. The van der Waals surface area contributed by atoms with Crippen LogP contribution in [-0.2, 0) is 5.11 Å². The van der Waals surface area contributed by atoms with E-state index in [1.807, 2.05) is 24.3 Å². The highest BCUT2D eigenvalue weighted by Gasteiger charge is 2.06. The first-order chi connectivity index (χ1) is 7.83. The van der Waals surface area contributed by atoms with Gasteiger partial charge in [0.25, 0.3) is 0 Å². The Morgan fingerprint density at radius 1 is 1.06 bits per heavy atom. The largest absolute Gasteiger partial charge is 0.493 e. The quantitative estimate of drug-likeness (QED) is 0.704. The number of unbranched alkanes of at least 4 members (excludes halogenated alkanes) is 1. The number of hydrogen-bond donors (Lipinski definition) is 0. The van der Waals surface area contributed by atoms with Gasteiger partial charge in [-0.1, -0.05) is 37.6 Å². The van der Waals surface area contributed by atoms with Gasteiger partial charge in [-0.15, -0.1) is 0 Å². The summed E-state index contributed by atoms with van der Waals surface area (Å²) in [6, 6.07) is 10.9. The highest BCUT2D eigenvalue weighted by atomic mass is 16.5. The Morgan fingerprint density at radius 2 is 1.81 bits per heavy atom. The number of fused-ring (bicyclic) bond motifs is 1. The maximum Gasteiger partial charge on any atom is 0.186 e. The molecule has 83 valence electrons. The molecule has 0 spiro atoms. The lowest BCUT2D eigenvalue weighted by Crippen LogP contribution is -1.96. The van der Waals surface area contributed by atoms with Gasteiger partial charge in [0, 0.05) is 10.8 Å². The van der Waals surface area contributed by atoms with Gasteiger partial charge in [0.15, 0.2) is 5.75 Å². The summed E-state index contributed by atoms with van der Waals surface area (Å²) in [6.45, 7) is 2.83. The Morgan fingerprint density at radius 3 is 2.56 bits per heavy atom. The zero-order chi connectivity index (χ0) is 11.4. The molecule has 0 bridgehead atoms. The number of hydrogen-bond acceptors (Lipinski definition) is 1. The summed E-state index contributed by atoms with van der Waals surface area (Å²) in [5, 5.41) is 13.2. The summed E-state index contributed by atoms with van der Waals surface area (Å²) < 4.78 is 5.68. The standard InChI is InChI=1S/C14H15O2/c1-2-3-10-16-14-9-8-13(15)11-6-4-5-7-12(11)14/h4-9H,2-3,10H2,1H3. The Hall–Kier alpha value is -1.70. The SMILES string of the molecule is CCCCOc1ccc([O])c2ccccc12. The first-order valence-corrected chi connectivity index (χ1v) is 5.64. The smallest absolute Gasteiger partial charge is 0.186 e. The topological polar surface area (TPSA) is 29.1 Å². The van der Waals surface area contributed by atoms with Crippen LogP contribution in [0.1, 0.15) is 19.8 Å². The Labute approximate surface area is 95.5 Å². The van der Waals surface area contributed by atoms with Gasteiger partial charge >= 0.3 is 0 Å². The van der Waals surface area contributed by atoms with Crippen LogP contribution in [0.2, 0.25) is 0 Å². The van der Waals surface area contributed by atoms with Gasteiger partial charge in [-0.25, -0.2) is 0 Å². The van der Waals surface area contributed by atoms with Crippen LogP contribution >= 0.6 is 0 Å². The molecule has 2 aromatic rings. The molecule has 0 N–H and O–H groups in total. The third-order valence-electron chi connectivity index (χ3n) is 2.60. The Balaban J connectivity index is 2.35. The van der Waals surface area contributed by atoms with Gasteiger partial charge in [-0.2, -0.15) is 0 Å². The fourth-order valence-corrected chi connectivity index (χ4v) is 1.70. The van der Waals surface area contributed by atoms with Gasteiger partial charge in [0.05, 0.1) is 6.61 Å². The minimum atomic E-state index is 0.0541. The van der Waals surface area contributed by atoms with Crippen LogP contribution in [0.3, 0.4) is 0 Å². The van der Waals surface area contributed by atoms with Gasteiger partial charge < -0.3 is 4.74 Å². The first kappa shape index (κ1) is 10.8. The summed E-state index contributed by atoms with van der Waals surface area (Å²) in [6.07, 6.45) is 2.14. The zero-order valence-electron chi connectivity index (χ0n) is 9.40. The number of benzene rings is 2. The third kappa shape index (κ3) is 2.11. The second kappa shape index (κ2) is 4.88. The molecular formula is C14H15O2. The molecule has 0 saturated carbocycles. The van der Waals surface area contributed by atoms with Crippen LogP contribution in [0.15, 0.2) is 36.4 Å². The molecule has 2 nitrogen and oxygen atoms in total. The molecule has 0 aromatic heterocycles. The monoisotopic (exact) mass is 215 g/mol. The van der Waals surface area contributed by atoms with Crippen LogP contribution < -0.4 is 4.74 Å². The summed E-state index contributed by atoms with van der Waals surface area (Å²) in [4.78, 5) is 0. The predicted molar refractivity (Wildman–Crippen MR) is 64.5 cm³/mol. The van der Waals surface area contributed by atoms with Crippen molar-refractivity contribution in [2.24, 2.45) is 0 Å². The summed E-state index contributed by atoms with van der Waals surface area (Å²) in [7, 11) is 0. The van der Waals surface area contributed by atoms with Crippen LogP contribution in [-0.4, -0.2) is 6.61 Å². The van der Waals surface area contributed by atoms with E-state index in [1.54, 1.807) is 12.1 Å². The van der Waals surface area contributed by atoms with Crippen molar-refractivity contribution in [1.82, 2.24) is 0 Å². The second-order valence-corrected chi connectivity index (χ2v) is 3.81. The molecule has 0 aliphatic heterocycles. The molecule has 2 rings (SSSR count).